The van der Waals surface area contributed by atoms with Crippen LogP contribution in [0.1, 0.15) is 0 Å². The van der Waals surface area contributed by atoms with E-state index < -0.39 is 0 Å². The van der Waals surface area contributed by atoms with Gasteiger partial charge in [-0.25, -0.2) is 4.68 Å². The quantitative estimate of drug-likeness (QED) is 0.619. The molecule has 6 heteroatoms. The fourth-order valence-corrected chi connectivity index (χ4v) is 2.84. The van der Waals surface area contributed by atoms with Crippen molar-refractivity contribution in [3.63, 3.8) is 0 Å². The predicted molar refractivity (Wildman–Crippen MR) is 103 cm³/mol. The van der Waals surface area contributed by atoms with Crippen LogP contribution in [0, 0.1) is 0 Å². The second-order valence-corrected chi connectivity index (χ2v) is 5.99. The van der Waals surface area contributed by atoms with Gasteiger partial charge in [0.1, 0.15) is 11.5 Å². The van der Waals surface area contributed by atoms with Crippen molar-refractivity contribution in [1.29, 1.82) is 0 Å². The van der Waals surface area contributed by atoms with Crippen molar-refractivity contribution in [2.45, 2.75) is 6.54 Å². The molecule has 1 aromatic heterocycles. The molecule has 3 aromatic rings. The van der Waals surface area contributed by atoms with Crippen molar-refractivity contribution in [2.75, 3.05) is 20.1 Å². The normalized spacial score (nSPS) is 10.6. The molecule has 0 saturated heterocycles. The largest absolute Gasteiger partial charge is 0.497 e. The van der Waals surface area contributed by atoms with Crippen LogP contribution in [0.3, 0.4) is 0 Å². The van der Waals surface area contributed by atoms with Gasteiger partial charge < -0.3 is 9.47 Å². The van der Waals surface area contributed by atoms with Gasteiger partial charge in [0, 0.05) is 23.1 Å². The van der Waals surface area contributed by atoms with Gasteiger partial charge in [-0.15, -0.1) is 11.6 Å². The van der Waals surface area contributed by atoms with Crippen molar-refractivity contribution >= 4 is 11.6 Å². The highest BCUT2D eigenvalue weighted by Gasteiger charge is 2.13. The second-order valence-electron chi connectivity index (χ2n) is 5.61. The van der Waals surface area contributed by atoms with Crippen LogP contribution in [0.15, 0.2) is 59.4 Å². The number of halogens is 1. The Balaban J connectivity index is 2.17. The van der Waals surface area contributed by atoms with Crippen LogP contribution in [0.25, 0.3) is 22.4 Å². The minimum Gasteiger partial charge on any atom is -0.497 e. The maximum absolute atomic E-state index is 12.4. The molecule has 0 atom stereocenters. The van der Waals surface area contributed by atoms with E-state index in [0.717, 1.165) is 28.2 Å². The molecule has 0 aliphatic rings. The number of rotatable bonds is 6. The van der Waals surface area contributed by atoms with Gasteiger partial charge >= 0.3 is 0 Å². The summed E-state index contributed by atoms with van der Waals surface area (Å²) in [6.07, 6.45) is 0. The van der Waals surface area contributed by atoms with Crippen molar-refractivity contribution in [1.82, 2.24) is 9.78 Å². The number of alkyl halides is 1. The summed E-state index contributed by atoms with van der Waals surface area (Å²) in [4.78, 5) is 12.4. The molecule has 0 amide bonds. The molecule has 0 saturated carbocycles. The maximum atomic E-state index is 12.4. The summed E-state index contributed by atoms with van der Waals surface area (Å²) < 4.78 is 11.8. The third kappa shape index (κ3) is 3.73. The number of aryl methyl sites for hydroxylation is 1. The second kappa shape index (κ2) is 8.06. The number of nitrogens with zero attached hydrogens (tertiary/aromatic N) is 2. The van der Waals surface area contributed by atoms with E-state index in [0.29, 0.717) is 18.1 Å². The van der Waals surface area contributed by atoms with Gasteiger partial charge in [-0.1, -0.05) is 12.1 Å². The number of aromatic nitrogens is 2. The number of benzene rings is 2. The zero-order valence-corrected chi connectivity index (χ0v) is 15.4. The van der Waals surface area contributed by atoms with E-state index in [9.17, 15) is 4.79 Å². The fourth-order valence-electron chi connectivity index (χ4n) is 2.68. The number of ether oxygens (including phenoxy) is 2. The summed E-state index contributed by atoms with van der Waals surface area (Å²) in [6, 6.07) is 16.7. The Labute approximate surface area is 156 Å². The first-order valence-electron chi connectivity index (χ1n) is 8.13. The van der Waals surface area contributed by atoms with Gasteiger partial charge in [0.15, 0.2) is 0 Å². The van der Waals surface area contributed by atoms with E-state index >= 15 is 0 Å². The van der Waals surface area contributed by atoms with E-state index in [1.54, 1.807) is 20.3 Å². The molecule has 5 nitrogen and oxygen atoms in total. The van der Waals surface area contributed by atoms with Crippen LogP contribution in [0.2, 0.25) is 0 Å². The van der Waals surface area contributed by atoms with Gasteiger partial charge in [-0.2, -0.15) is 5.10 Å². The zero-order chi connectivity index (χ0) is 18.5. The van der Waals surface area contributed by atoms with E-state index in [1.807, 2.05) is 48.5 Å². The third-order valence-corrected chi connectivity index (χ3v) is 4.23. The molecule has 2 aromatic carbocycles. The van der Waals surface area contributed by atoms with E-state index in [4.69, 9.17) is 21.1 Å². The molecule has 0 aliphatic heterocycles. The minimum absolute atomic E-state index is 0.186. The smallest absolute Gasteiger partial charge is 0.267 e. The van der Waals surface area contributed by atoms with Crippen LogP contribution < -0.4 is 15.0 Å². The average Bonchev–Trinajstić information content (AvgIpc) is 2.69. The first kappa shape index (κ1) is 18.0. The lowest BCUT2D eigenvalue weighted by Gasteiger charge is -2.13. The third-order valence-electron chi connectivity index (χ3n) is 4.06. The van der Waals surface area contributed by atoms with Crippen LogP contribution >= 0.6 is 11.6 Å². The lowest BCUT2D eigenvalue weighted by atomic mass is 10.00. The summed E-state index contributed by atoms with van der Waals surface area (Å²) in [5.41, 5.74) is 3.06. The number of hydrogen-bond acceptors (Lipinski definition) is 4. The predicted octanol–water partition coefficient (Wildman–Crippen LogP) is 3.83. The summed E-state index contributed by atoms with van der Waals surface area (Å²) in [6.45, 7) is 0.354. The summed E-state index contributed by atoms with van der Waals surface area (Å²) in [7, 11) is 3.24. The number of methoxy groups -OCH3 is 2. The Morgan fingerprint density at radius 2 is 1.46 bits per heavy atom. The SMILES string of the molecule is COc1ccc(-c2cc(=O)n(CCCl)nc2-c2ccc(OC)cc2)cc1. The van der Waals surface area contributed by atoms with E-state index in [1.165, 1.54) is 4.68 Å². The van der Waals surface area contributed by atoms with Gasteiger partial charge in [-0.05, 0) is 42.0 Å². The van der Waals surface area contributed by atoms with E-state index in [2.05, 4.69) is 5.10 Å². The Hall–Kier alpha value is -2.79. The summed E-state index contributed by atoms with van der Waals surface area (Å²) in [5.74, 6) is 1.83. The lowest BCUT2D eigenvalue weighted by molar-refractivity contribution is 0.414. The highest BCUT2D eigenvalue weighted by Crippen LogP contribution is 2.31. The van der Waals surface area contributed by atoms with Crippen molar-refractivity contribution in [2.24, 2.45) is 0 Å². The van der Waals surface area contributed by atoms with Gasteiger partial charge in [0.2, 0.25) is 0 Å². The lowest BCUT2D eigenvalue weighted by Crippen LogP contribution is -2.24. The molecule has 1 heterocycles. The van der Waals surface area contributed by atoms with Gasteiger partial charge in [0.25, 0.3) is 5.56 Å². The van der Waals surface area contributed by atoms with Crippen LogP contribution in [0.4, 0.5) is 0 Å². The summed E-state index contributed by atoms with van der Waals surface area (Å²) >= 11 is 5.81. The van der Waals surface area contributed by atoms with Crippen LogP contribution in [-0.4, -0.2) is 29.9 Å². The van der Waals surface area contributed by atoms with Gasteiger partial charge in [0.05, 0.1) is 26.5 Å². The monoisotopic (exact) mass is 370 g/mol. The Bertz CT molecular complexity index is 935. The topological polar surface area (TPSA) is 53.4 Å². The molecule has 0 aliphatic carbocycles. The van der Waals surface area contributed by atoms with Crippen molar-refractivity contribution < 1.29 is 9.47 Å². The molecule has 0 bridgehead atoms. The van der Waals surface area contributed by atoms with Gasteiger partial charge in [-0.3, -0.25) is 4.79 Å². The van der Waals surface area contributed by atoms with Crippen LogP contribution in [0.5, 0.6) is 11.5 Å². The minimum atomic E-state index is -0.186. The molecular weight excluding hydrogens is 352 g/mol. The number of hydrogen-bond donors (Lipinski definition) is 0. The average molecular weight is 371 g/mol. The van der Waals surface area contributed by atoms with Crippen molar-refractivity contribution in [3.05, 3.63) is 65.0 Å². The fraction of sp³-hybridized carbons (Fsp3) is 0.200. The molecule has 134 valence electrons. The maximum Gasteiger partial charge on any atom is 0.267 e. The Morgan fingerprint density at radius 3 is 1.96 bits per heavy atom. The van der Waals surface area contributed by atoms with Crippen molar-refractivity contribution in [3.8, 4) is 33.9 Å². The summed E-state index contributed by atoms with van der Waals surface area (Å²) in [5, 5.41) is 4.55. The van der Waals surface area contributed by atoms with Crippen LogP contribution in [-0.2, 0) is 6.54 Å². The highest BCUT2D eigenvalue weighted by atomic mass is 35.5. The molecule has 26 heavy (non-hydrogen) atoms. The molecule has 0 fully saturated rings. The molecule has 0 unspecified atom stereocenters. The molecular formula is C20H19ClN2O3. The molecule has 0 radical (unpaired) electrons. The zero-order valence-electron chi connectivity index (χ0n) is 14.6. The molecule has 0 N–H and O–H groups in total. The standard InChI is InChI=1S/C20H19ClN2O3/c1-25-16-7-3-14(4-8-16)18-13-19(24)23(12-11-21)22-20(18)15-5-9-17(26-2)10-6-15/h3-10,13H,11-12H2,1-2H3. The Kier molecular flexibility index (Phi) is 5.58. The first-order valence-corrected chi connectivity index (χ1v) is 8.66. The Morgan fingerprint density at radius 1 is 0.923 bits per heavy atom. The molecule has 3 rings (SSSR count). The molecule has 0 spiro atoms. The van der Waals surface area contributed by atoms with E-state index in [-0.39, 0.29) is 5.56 Å². The highest BCUT2D eigenvalue weighted by molar-refractivity contribution is 6.17. The first-order chi connectivity index (χ1) is 12.7.